The number of carbonyl (C=O) groups excluding carboxylic acids is 1. The fourth-order valence-electron chi connectivity index (χ4n) is 1.87. The van der Waals surface area contributed by atoms with Crippen LogP contribution in [0.1, 0.15) is 65.2 Å². The van der Waals surface area contributed by atoms with Crippen molar-refractivity contribution in [3.05, 3.63) is 24.0 Å². The van der Waals surface area contributed by atoms with Gasteiger partial charge in [-0.3, -0.25) is 4.79 Å². The molecule has 21 heavy (non-hydrogen) atoms. The maximum absolute atomic E-state index is 11.4. The van der Waals surface area contributed by atoms with E-state index in [1.54, 1.807) is 19.1 Å². The molecule has 4 nitrogen and oxygen atoms in total. The van der Waals surface area contributed by atoms with E-state index in [2.05, 4.69) is 6.92 Å². The minimum Gasteiger partial charge on any atom is -0.508 e. The van der Waals surface area contributed by atoms with Crippen molar-refractivity contribution < 1.29 is 19.7 Å². The highest BCUT2D eigenvalue weighted by atomic mass is 16.5. The largest absolute Gasteiger partial charge is 0.508 e. The van der Waals surface area contributed by atoms with Gasteiger partial charge < -0.3 is 14.9 Å². The number of ether oxygens (including phenoxy) is 1. The molecular formula is C17H30O4. The first kappa shape index (κ1) is 19.7. The van der Waals surface area contributed by atoms with Gasteiger partial charge in [0.1, 0.15) is 5.76 Å². The van der Waals surface area contributed by atoms with E-state index in [1.165, 1.54) is 25.3 Å². The van der Waals surface area contributed by atoms with E-state index in [0.717, 1.165) is 19.3 Å². The molecule has 0 heterocycles. The third-order valence-electron chi connectivity index (χ3n) is 3.22. The average Bonchev–Trinajstić information content (AvgIpc) is 2.46. The lowest BCUT2D eigenvalue weighted by Crippen LogP contribution is -2.13. The predicted octanol–water partition coefficient (Wildman–Crippen LogP) is 4.05. The minimum atomic E-state index is -0.387. The first-order valence-corrected chi connectivity index (χ1v) is 7.95. The number of esters is 1. The third kappa shape index (κ3) is 13.4. The molecule has 2 N–H and O–H groups in total. The summed E-state index contributed by atoms with van der Waals surface area (Å²) in [6.45, 7) is 4.14. The molecule has 0 saturated carbocycles. The van der Waals surface area contributed by atoms with Crippen molar-refractivity contribution in [3.8, 4) is 0 Å². The SMILES string of the molecule is C/C=C(O)\C=C/CC(=O)OCCC(O)CCCCCCC. The Morgan fingerprint density at radius 3 is 2.57 bits per heavy atom. The smallest absolute Gasteiger partial charge is 0.309 e. The number of hydrogen-bond donors (Lipinski definition) is 2. The number of aliphatic hydroxyl groups is 2. The van der Waals surface area contributed by atoms with Crippen LogP contribution in [-0.4, -0.2) is 28.9 Å². The molecular weight excluding hydrogens is 268 g/mol. The van der Waals surface area contributed by atoms with Crippen LogP contribution < -0.4 is 0 Å². The highest BCUT2D eigenvalue weighted by molar-refractivity contribution is 5.71. The molecule has 0 rings (SSSR count). The summed E-state index contributed by atoms with van der Waals surface area (Å²) in [5, 5.41) is 18.9. The van der Waals surface area contributed by atoms with Crippen molar-refractivity contribution in [2.75, 3.05) is 6.61 Å². The van der Waals surface area contributed by atoms with Crippen LogP contribution in [0.25, 0.3) is 0 Å². The van der Waals surface area contributed by atoms with Crippen molar-refractivity contribution in [1.29, 1.82) is 0 Å². The van der Waals surface area contributed by atoms with Gasteiger partial charge in [0.05, 0.1) is 19.1 Å². The lowest BCUT2D eigenvalue weighted by atomic mass is 10.1. The Hall–Kier alpha value is -1.29. The fourth-order valence-corrected chi connectivity index (χ4v) is 1.87. The van der Waals surface area contributed by atoms with Gasteiger partial charge in [0.25, 0.3) is 0 Å². The average molecular weight is 298 g/mol. The van der Waals surface area contributed by atoms with E-state index in [4.69, 9.17) is 9.84 Å². The Morgan fingerprint density at radius 1 is 1.19 bits per heavy atom. The second-order valence-corrected chi connectivity index (χ2v) is 5.19. The zero-order chi connectivity index (χ0) is 15.9. The minimum absolute atomic E-state index is 0.126. The van der Waals surface area contributed by atoms with Gasteiger partial charge in [0, 0.05) is 6.42 Å². The molecule has 122 valence electrons. The lowest BCUT2D eigenvalue weighted by molar-refractivity contribution is -0.143. The van der Waals surface area contributed by atoms with Gasteiger partial charge in [-0.2, -0.15) is 0 Å². The molecule has 0 fully saturated rings. The van der Waals surface area contributed by atoms with Crippen molar-refractivity contribution >= 4 is 5.97 Å². The van der Waals surface area contributed by atoms with E-state index in [-0.39, 0.29) is 30.9 Å². The molecule has 0 saturated heterocycles. The van der Waals surface area contributed by atoms with E-state index in [9.17, 15) is 9.90 Å². The van der Waals surface area contributed by atoms with Crippen LogP contribution in [-0.2, 0) is 9.53 Å². The fraction of sp³-hybridized carbons (Fsp3) is 0.706. The van der Waals surface area contributed by atoms with E-state index < -0.39 is 0 Å². The molecule has 4 heteroatoms. The van der Waals surface area contributed by atoms with Crippen molar-refractivity contribution in [1.82, 2.24) is 0 Å². The summed E-state index contributed by atoms with van der Waals surface area (Å²) < 4.78 is 5.02. The summed E-state index contributed by atoms with van der Waals surface area (Å²) in [7, 11) is 0. The van der Waals surface area contributed by atoms with Crippen molar-refractivity contribution in [3.63, 3.8) is 0 Å². The lowest BCUT2D eigenvalue weighted by Gasteiger charge is -2.10. The van der Waals surface area contributed by atoms with E-state index >= 15 is 0 Å². The number of rotatable bonds is 12. The van der Waals surface area contributed by atoms with Gasteiger partial charge >= 0.3 is 5.97 Å². The second kappa shape index (κ2) is 13.7. The number of unbranched alkanes of at least 4 members (excludes halogenated alkanes) is 4. The molecule has 1 unspecified atom stereocenters. The predicted molar refractivity (Wildman–Crippen MR) is 85.1 cm³/mol. The first-order valence-electron chi connectivity index (χ1n) is 7.95. The van der Waals surface area contributed by atoms with Crippen LogP contribution in [0.15, 0.2) is 24.0 Å². The van der Waals surface area contributed by atoms with E-state index in [1.807, 2.05) is 0 Å². The quantitative estimate of drug-likeness (QED) is 0.247. The second-order valence-electron chi connectivity index (χ2n) is 5.19. The highest BCUT2D eigenvalue weighted by Crippen LogP contribution is 2.09. The molecule has 0 aromatic rings. The van der Waals surface area contributed by atoms with E-state index in [0.29, 0.717) is 6.42 Å². The summed E-state index contributed by atoms with van der Waals surface area (Å²) in [6.07, 6.45) is 11.5. The van der Waals surface area contributed by atoms with Gasteiger partial charge in [-0.1, -0.05) is 45.1 Å². The van der Waals surface area contributed by atoms with Crippen LogP contribution in [0.2, 0.25) is 0 Å². The summed E-state index contributed by atoms with van der Waals surface area (Å²) in [4.78, 5) is 11.4. The molecule has 1 atom stereocenters. The Morgan fingerprint density at radius 2 is 1.90 bits per heavy atom. The maximum atomic E-state index is 11.4. The molecule has 0 aliphatic rings. The summed E-state index contributed by atoms with van der Waals surface area (Å²) in [6, 6.07) is 0. The normalized spacial score (nSPS) is 13.6. The number of aliphatic hydroxyl groups excluding tert-OH is 2. The van der Waals surface area contributed by atoms with Crippen molar-refractivity contribution in [2.45, 2.75) is 71.3 Å². The monoisotopic (exact) mass is 298 g/mol. The summed E-state index contributed by atoms with van der Waals surface area (Å²) >= 11 is 0. The van der Waals surface area contributed by atoms with Crippen LogP contribution in [0.3, 0.4) is 0 Å². The molecule has 0 aliphatic heterocycles. The third-order valence-corrected chi connectivity index (χ3v) is 3.22. The summed E-state index contributed by atoms with van der Waals surface area (Å²) in [5.41, 5.74) is 0. The first-order chi connectivity index (χ1) is 10.1. The molecule has 0 aliphatic carbocycles. The molecule has 0 aromatic heterocycles. The van der Waals surface area contributed by atoms with Crippen LogP contribution in [0.5, 0.6) is 0 Å². The molecule has 0 bridgehead atoms. The Balaban J connectivity index is 3.55. The van der Waals surface area contributed by atoms with Gasteiger partial charge in [-0.15, -0.1) is 0 Å². The topological polar surface area (TPSA) is 66.8 Å². The highest BCUT2D eigenvalue weighted by Gasteiger charge is 2.06. The number of allylic oxidation sites excluding steroid dienone is 2. The maximum Gasteiger partial charge on any atom is 0.309 e. The molecule has 0 spiro atoms. The zero-order valence-corrected chi connectivity index (χ0v) is 13.4. The molecule has 0 radical (unpaired) electrons. The van der Waals surface area contributed by atoms with Crippen molar-refractivity contribution in [2.24, 2.45) is 0 Å². The van der Waals surface area contributed by atoms with Gasteiger partial charge in [-0.05, 0) is 25.5 Å². The van der Waals surface area contributed by atoms with Crippen LogP contribution in [0, 0.1) is 0 Å². The Kier molecular flexibility index (Phi) is 12.8. The van der Waals surface area contributed by atoms with Gasteiger partial charge in [0.2, 0.25) is 0 Å². The van der Waals surface area contributed by atoms with Gasteiger partial charge in [-0.25, -0.2) is 0 Å². The number of carbonyl (C=O) groups is 1. The van der Waals surface area contributed by atoms with Crippen LogP contribution in [0.4, 0.5) is 0 Å². The zero-order valence-electron chi connectivity index (χ0n) is 13.4. The molecule has 0 amide bonds. The number of hydrogen-bond acceptors (Lipinski definition) is 4. The van der Waals surface area contributed by atoms with Gasteiger partial charge in [0.15, 0.2) is 0 Å². The van der Waals surface area contributed by atoms with Crippen LogP contribution >= 0.6 is 0 Å². The summed E-state index contributed by atoms with van der Waals surface area (Å²) in [5.74, 6) is -0.216. The molecule has 0 aromatic carbocycles. The standard InChI is InChI=1S/C17H30O4/c1-3-5-6-7-8-10-16(19)13-14-21-17(20)12-9-11-15(18)4-2/h4,9,11,16,18-19H,3,5-8,10,12-14H2,1-2H3/b11-9-,15-4+. The Bertz CT molecular complexity index is 321. The Labute approximate surface area is 128 Å².